The summed E-state index contributed by atoms with van der Waals surface area (Å²) in [7, 11) is 3.37. The zero-order valence-electron chi connectivity index (χ0n) is 29.0. The van der Waals surface area contributed by atoms with Gasteiger partial charge in [0.1, 0.15) is 0 Å². The van der Waals surface area contributed by atoms with Crippen LogP contribution in [-0.4, -0.2) is 78.7 Å². The molecule has 17 heteroatoms. The lowest BCUT2D eigenvalue weighted by molar-refractivity contribution is 0.0691. The minimum absolute atomic E-state index is 0.154. The van der Waals surface area contributed by atoms with Crippen LogP contribution in [0.5, 0.6) is 0 Å². The first-order valence-electron chi connectivity index (χ1n) is 16.7. The van der Waals surface area contributed by atoms with Crippen LogP contribution in [-0.2, 0) is 26.6 Å². The molecule has 0 spiro atoms. The highest BCUT2D eigenvalue weighted by molar-refractivity contribution is 9.35. The van der Waals surface area contributed by atoms with E-state index in [2.05, 4.69) is 36.4 Å². The largest absolute Gasteiger partial charge is 0.501 e. The number of benzene rings is 2. The van der Waals surface area contributed by atoms with Crippen LogP contribution in [0.1, 0.15) is 63.4 Å². The van der Waals surface area contributed by atoms with Crippen LogP contribution >= 0.6 is 73.7 Å². The Hall–Kier alpha value is 0.164. The molecule has 0 bridgehead atoms. The van der Waals surface area contributed by atoms with Gasteiger partial charge in [0, 0.05) is 75.1 Å². The van der Waals surface area contributed by atoms with Gasteiger partial charge in [0.2, 0.25) is 0 Å². The van der Waals surface area contributed by atoms with Crippen molar-refractivity contribution < 1.29 is 26.6 Å². The molecule has 0 N–H and O–H groups in total. The van der Waals surface area contributed by atoms with Gasteiger partial charge in [-0.15, -0.1) is 22.7 Å². The number of fused-ring (bicyclic) bond motifs is 2. The second-order valence-electron chi connectivity index (χ2n) is 10.6. The summed E-state index contributed by atoms with van der Waals surface area (Å²) in [5.41, 5.74) is 2.08. The standard InChI is InChI=1S/C32H48N2O6S7Si2/c1-7-35-48(36-8-2,37-9-3)23-25(31-33-27-17-13-15-19-29(27)43-31)21-41-45-47-46-42-22-26(24-49(38-10-4,39-11-5)40-12-6)32-34-28-18-14-16-20-30(28)44-32/h13-20,25-26H,7-12,21-24H2,1-6H3. The van der Waals surface area contributed by atoms with Crippen molar-refractivity contribution in [1.82, 2.24) is 9.97 Å². The van der Waals surface area contributed by atoms with Gasteiger partial charge in [-0.3, -0.25) is 0 Å². The Morgan fingerprint density at radius 2 is 0.878 bits per heavy atom. The third kappa shape index (κ3) is 12.6. The first-order chi connectivity index (χ1) is 23.9. The zero-order valence-corrected chi connectivity index (χ0v) is 36.8. The van der Waals surface area contributed by atoms with E-state index in [1.165, 1.54) is 9.40 Å². The van der Waals surface area contributed by atoms with Crippen LogP contribution in [0, 0.1) is 0 Å². The van der Waals surface area contributed by atoms with Gasteiger partial charge >= 0.3 is 17.6 Å². The molecule has 0 aliphatic heterocycles. The van der Waals surface area contributed by atoms with E-state index in [4.69, 9.17) is 36.5 Å². The number of para-hydroxylation sites is 2. The molecule has 8 nitrogen and oxygen atoms in total. The number of hydrogen-bond acceptors (Lipinski definition) is 15. The van der Waals surface area contributed by atoms with Crippen molar-refractivity contribution in [2.24, 2.45) is 0 Å². The highest BCUT2D eigenvalue weighted by Gasteiger charge is 2.45. The van der Waals surface area contributed by atoms with Gasteiger partial charge < -0.3 is 26.6 Å². The molecule has 4 rings (SSSR count). The van der Waals surface area contributed by atoms with Gasteiger partial charge in [-0.25, -0.2) is 9.97 Å². The van der Waals surface area contributed by atoms with Crippen LogP contribution < -0.4 is 0 Å². The van der Waals surface area contributed by atoms with Gasteiger partial charge in [0.15, 0.2) is 0 Å². The first-order valence-corrected chi connectivity index (χ1v) is 28.7. The third-order valence-corrected chi connectivity index (χ3v) is 24.8. The SMILES string of the molecule is CCO[Si](CC(CSSSSSCC(C[Si](OCC)(OCC)OCC)c1nc2ccccc2s1)c1nc2ccccc2s1)(OCC)OCC. The van der Waals surface area contributed by atoms with Crippen molar-refractivity contribution in [3.05, 3.63) is 58.5 Å². The zero-order chi connectivity index (χ0) is 35.0. The molecule has 2 aromatic carbocycles. The molecule has 0 fully saturated rings. The minimum Gasteiger partial charge on any atom is -0.374 e. The van der Waals surface area contributed by atoms with Crippen molar-refractivity contribution in [3.63, 3.8) is 0 Å². The van der Waals surface area contributed by atoms with Gasteiger partial charge in [-0.05, 0) is 95.3 Å². The molecule has 49 heavy (non-hydrogen) atoms. The van der Waals surface area contributed by atoms with E-state index in [9.17, 15) is 0 Å². The van der Waals surface area contributed by atoms with Crippen molar-refractivity contribution in [2.75, 3.05) is 51.1 Å². The number of aromatic nitrogens is 2. The number of thiazole rings is 2. The molecule has 0 saturated heterocycles. The maximum Gasteiger partial charge on any atom is 0.501 e. The normalized spacial score (nSPS) is 13.8. The van der Waals surface area contributed by atoms with Crippen molar-refractivity contribution >= 4 is 112 Å². The smallest absolute Gasteiger partial charge is 0.374 e. The molecule has 2 heterocycles. The molecule has 272 valence electrons. The lowest BCUT2D eigenvalue weighted by Crippen LogP contribution is -2.47. The fourth-order valence-electron chi connectivity index (χ4n) is 5.36. The van der Waals surface area contributed by atoms with E-state index in [1.54, 1.807) is 52.2 Å². The molecule has 0 aliphatic carbocycles. The van der Waals surface area contributed by atoms with Gasteiger partial charge in [-0.2, -0.15) is 0 Å². The summed E-state index contributed by atoms with van der Waals surface area (Å²) in [4.78, 5) is 10.1. The van der Waals surface area contributed by atoms with Crippen molar-refractivity contribution in [1.29, 1.82) is 0 Å². The molecular formula is C32H48N2O6S7Si2. The Morgan fingerprint density at radius 3 is 1.20 bits per heavy atom. The predicted molar refractivity (Wildman–Crippen MR) is 223 cm³/mol. The monoisotopic (exact) mass is 836 g/mol. The molecule has 4 aromatic rings. The summed E-state index contributed by atoms with van der Waals surface area (Å²) < 4.78 is 40.0. The quantitative estimate of drug-likeness (QED) is 0.0342. The molecule has 2 aromatic heterocycles. The average molecular weight is 837 g/mol. The fourth-order valence-corrected chi connectivity index (χ4v) is 23.3. The topological polar surface area (TPSA) is 81.2 Å². The Kier molecular flexibility index (Phi) is 19.2. The first kappa shape index (κ1) is 41.9. The highest BCUT2D eigenvalue weighted by Crippen LogP contribution is 2.52. The molecule has 0 radical (unpaired) electrons. The van der Waals surface area contributed by atoms with E-state index in [0.29, 0.717) is 51.7 Å². The summed E-state index contributed by atoms with van der Waals surface area (Å²) in [5.74, 6) is 2.07. The number of hydrogen-bond donors (Lipinski definition) is 0. The summed E-state index contributed by atoms with van der Waals surface area (Å²) in [6, 6.07) is 18.1. The summed E-state index contributed by atoms with van der Waals surface area (Å²) in [6.07, 6.45) is 0. The second-order valence-corrected chi connectivity index (χ2v) is 25.8. The van der Waals surface area contributed by atoms with E-state index in [0.717, 1.165) is 32.6 Å². The van der Waals surface area contributed by atoms with E-state index >= 15 is 0 Å². The number of nitrogens with zero attached hydrogens (tertiary/aromatic N) is 2. The second kappa shape index (κ2) is 22.4. The van der Waals surface area contributed by atoms with Crippen LogP contribution in [0.25, 0.3) is 20.4 Å². The Bertz CT molecular complexity index is 1310. The summed E-state index contributed by atoms with van der Waals surface area (Å²) in [6.45, 7) is 15.4. The van der Waals surface area contributed by atoms with E-state index < -0.39 is 17.6 Å². The highest BCUT2D eigenvalue weighted by atomic mass is 33.8. The van der Waals surface area contributed by atoms with E-state index in [1.807, 2.05) is 75.3 Å². The lowest BCUT2D eigenvalue weighted by Gasteiger charge is -2.31. The molecular weight excluding hydrogens is 789 g/mol. The third-order valence-electron chi connectivity index (χ3n) is 7.19. The fraction of sp³-hybridized carbons (Fsp3) is 0.562. The van der Waals surface area contributed by atoms with Crippen LogP contribution in [0.4, 0.5) is 0 Å². The van der Waals surface area contributed by atoms with Crippen LogP contribution in [0.2, 0.25) is 12.1 Å². The summed E-state index contributed by atoms with van der Waals surface area (Å²) in [5, 5.41) is 2.23. The molecule has 2 unspecified atom stereocenters. The van der Waals surface area contributed by atoms with Crippen molar-refractivity contribution in [3.8, 4) is 0 Å². The molecule has 0 amide bonds. The van der Waals surface area contributed by atoms with Gasteiger partial charge in [0.25, 0.3) is 0 Å². The van der Waals surface area contributed by atoms with Crippen LogP contribution in [0.15, 0.2) is 48.5 Å². The van der Waals surface area contributed by atoms with Gasteiger partial charge in [-0.1, -0.05) is 45.9 Å². The Labute approximate surface area is 321 Å². The average Bonchev–Trinajstić information content (AvgIpc) is 3.72. The Balaban J connectivity index is 1.40. The minimum atomic E-state index is -2.87. The maximum absolute atomic E-state index is 6.27. The predicted octanol–water partition coefficient (Wildman–Crippen LogP) is 11.2. The van der Waals surface area contributed by atoms with E-state index in [-0.39, 0.29) is 11.8 Å². The molecule has 0 saturated carbocycles. The van der Waals surface area contributed by atoms with Crippen molar-refractivity contribution in [2.45, 2.75) is 65.5 Å². The van der Waals surface area contributed by atoms with Gasteiger partial charge in [0.05, 0.1) is 30.4 Å². The lowest BCUT2D eigenvalue weighted by atomic mass is 10.2. The Morgan fingerprint density at radius 1 is 0.531 bits per heavy atom. The summed E-state index contributed by atoms with van der Waals surface area (Å²) >= 11 is 3.53. The molecule has 0 aliphatic rings. The number of rotatable bonds is 26. The molecule has 2 atom stereocenters. The van der Waals surface area contributed by atoms with Crippen LogP contribution in [0.3, 0.4) is 0 Å². The maximum atomic E-state index is 6.27.